The van der Waals surface area contributed by atoms with Gasteiger partial charge in [0.25, 0.3) is 0 Å². The molecular formula is C20H23N5. The molecule has 0 bridgehead atoms. The molecule has 0 spiro atoms. The normalized spacial score (nSPS) is 25.5. The molecule has 0 radical (unpaired) electrons. The maximum Gasteiger partial charge on any atom is 0.212 e. The summed E-state index contributed by atoms with van der Waals surface area (Å²) in [5.74, 6) is 2.08. The summed E-state index contributed by atoms with van der Waals surface area (Å²) in [6.45, 7) is 3.81. The zero-order chi connectivity index (χ0) is 16.8. The standard InChI is InChI=1S/C20H23N5/c1-23-11-5-9-18(23)15-6-4-12-24(14-15)20-22-17-8-3-2-7-16(17)19-21-10-13-25(19)20/h2-4,6-8,14,18H,5,9-13H2,1H3. The van der Waals surface area contributed by atoms with E-state index in [1.807, 2.05) is 0 Å². The summed E-state index contributed by atoms with van der Waals surface area (Å²) in [6.07, 6.45) is 9.38. The lowest BCUT2D eigenvalue weighted by molar-refractivity contribution is 0.344. The molecule has 1 unspecified atom stereocenters. The Kier molecular flexibility index (Phi) is 3.48. The average molecular weight is 333 g/mol. The molecule has 5 heteroatoms. The smallest absolute Gasteiger partial charge is 0.212 e. The second kappa shape index (κ2) is 5.85. The summed E-state index contributed by atoms with van der Waals surface area (Å²) in [4.78, 5) is 16.7. The number of likely N-dealkylation sites (tertiary alicyclic amines) is 1. The number of hydrogen-bond acceptors (Lipinski definition) is 5. The van der Waals surface area contributed by atoms with E-state index in [9.17, 15) is 0 Å². The Morgan fingerprint density at radius 2 is 2.08 bits per heavy atom. The molecule has 5 nitrogen and oxygen atoms in total. The first-order valence-corrected chi connectivity index (χ1v) is 9.16. The van der Waals surface area contributed by atoms with Crippen molar-refractivity contribution < 1.29 is 0 Å². The molecule has 4 aliphatic heterocycles. The Morgan fingerprint density at radius 1 is 1.16 bits per heavy atom. The van der Waals surface area contributed by atoms with Crippen molar-refractivity contribution >= 4 is 17.5 Å². The molecule has 0 amide bonds. The largest absolute Gasteiger partial charge is 0.314 e. The maximum absolute atomic E-state index is 4.99. The van der Waals surface area contributed by atoms with Crippen molar-refractivity contribution in [2.24, 2.45) is 9.98 Å². The van der Waals surface area contributed by atoms with E-state index in [1.54, 1.807) is 0 Å². The highest BCUT2D eigenvalue weighted by Crippen LogP contribution is 2.31. The molecular weight excluding hydrogens is 310 g/mol. The van der Waals surface area contributed by atoms with E-state index in [1.165, 1.54) is 25.0 Å². The van der Waals surface area contributed by atoms with E-state index in [2.05, 4.69) is 64.4 Å². The molecule has 128 valence electrons. The topological polar surface area (TPSA) is 34.4 Å². The van der Waals surface area contributed by atoms with Gasteiger partial charge in [-0.2, -0.15) is 0 Å². The van der Waals surface area contributed by atoms with Crippen LogP contribution in [0, 0.1) is 0 Å². The van der Waals surface area contributed by atoms with Gasteiger partial charge in [-0.15, -0.1) is 0 Å². The van der Waals surface area contributed by atoms with Gasteiger partial charge >= 0.3 is 0 Å². The maximum atomic E-state index is 4.99. The fourth-order valence-corrected chi connectivity index (χ4v) is 4.27. The van der Waals surface area contributed by atoms with Crippen LogP contribution in [0.3, 0.4) is 0 Å². The lowest BCUT2D eigenvalue weighted by Gasteiger charge is -2.35. The number of fused-ring (bicyclic) bond motifs is 3. The van der Waals surface area contributed by atoms with Crippen LogP contribution in [0.4, 0.5) is 5.69 Å². The van der Waals surface area contributed by atoms with Crippen LogP contribution in [0.5, 0.6) is 0 Å². The minimum absolute atomic E-state index is 0.530. The van der Waals surface area contributed by atoms with Gasteiger partial charge in [-0.05, 0) is 44.1 Å². The Balaban J connectivity index is 1.53. The fraction of sp³-hybridized carbons (Fsp3) is 0.400. The number of likely N-dealkylation sites (N-methyl/N-ethyl adjacent to an activating group) is 1. The van der Waals surface area contributed by atoms with Crippen molar-refractivity contribution in [2.75, 3.05) is 33.2 Å². The van der Waals surface area contributed by atoms with E-state index in [0.717, 1.165) is 42.7 Å². The van der Waals surface area contributed by atoms with E-state index in [-0.39, 0.29) is 0 Å². The third-order valence-corrected chi connectivity index (χ3v) is 5.53. The van der Waals surface area contributed by atoms with Gasteiger partial charge in [-0.1, -0.05) is 24.3 Å². The molecule has 1 fully saturated rings. The molecule has 5 rings (SSSR count). The van der Waals surface area contributed by atoms with Crippen molar-refractivity contribution in [3.05, 3.63) is 53.8 Å². The van der Waals surface area contributed by atoms with Crippen LogP contribution < -0.4 is 0 Å². The van der Waals surface area contributed by atoms with Crippen molar-refractivity contribution in [1.29, 1.82) is 0 Å². The highest BCUT2D eigenvalue weighted by Gasteiger charge is 2.33. The van der Waals surface area contributed by atoms with Gasteiger partial charge in [0, 0.05) is 30.9 Å². The number of benzene rings is 1. The third kappa shape index (κ3) is 2.42. The van der Waals surface area contributed by atoms with Crippen molar-refractivity contribution in [3.63, 3.8) is 0 Å². The molecule has 25 heavy (non-hydrogen) atoms. The zero-order valence-electron chi connectivity index (χ0n) is 14.6. The molecule has 1 saturated heterocycles. The number of para-hydroxylation sites is 1. The first-order valence-electron chi connectivity index (χ1n) is 9.16. The molecule has 1 aromatic carbocycles. The molecule has 0 aliphatic carbocycles. The molecule has 0 saturated carbocycles. The summed E-state index contributed by atoms with van der Waals surface area (Å²) in [5.41, 5.74) is 3.57. The first-order chi connectivity index (χ1) is 12.3. The summed E-state index contributed by atoms with van der Waals surface area (Å²) in [6, 6.07) is 8.86. The predicted molar refractivity (Wildman–Crippen MR) is 101 cm³/mol. The SMILES string of the molecule is CN1CCCC1C1=CN(C2=Nc3ccccc3C3=NCCN32)CC=C1. The zero-order valence-corrected chi connectivity index (χ0v) is 14.6. The van der Waals surface area contributed by atoms with Crippen LogP contribution in [0.15, 0.2) is 58.2 Å². The number of guanidine groups is 1. The number of rotatable bonds is 1. The van der Waals surface area contributed by atoms with Gasteiger partial charge in [0.1, 0.15) is 5.84 Å². The molecule has 0 aromatic heterocycles. The molecule has 4 aliphatic rings. The van der Waals surface area contributed by atoms with Crippen LogP contribution in [0.25, 0.3) is 0 Å². The van der Waals surface area contributed by atoms with E-state index in [4.69, 9.17) is 9.98 Å². The molecule has 1 atom stereocenters. The van der Waals surface area contributed by atoms with Crippen molar-refractivity contribution in [2.45, 2.75) is 18.9 Å². The minimum Gasteiger partial charge on any atom is -0.314 e. The number of nitrogens with zero attached hydrogens (tertiary/aromatic N) is 5. The molecule has 1 aromatic rings. The Labute approximate surface area is 148 Å². The Morgan fingerprint density at radius 3 is 2.96 bits per heavy atom. The number of aliphatic imine (C=N–C) groups is 2. The van der Waals surface area contributed by atoms with Crippen LogP contribution in [0.1, 0.15) is 18.4 Å². The first kappa shape index (κ1) is 14.9. The predicted octanol–water partition coefficient (Wildman–Crippen LogP) is 2.60. The van der Waals surface area contributed by atoms with Gasteiger partial charge < -0.3 is 4.90 Å². The highest BCUT2D eigenvalue weighted by atomic mass is 15.4. The van der Waals surface area contributed by atoms with Crippen LogP contribution in [-0.4, -0.2) is 65.8 Å². The lowest BCUT2D eigenvalue weighted by atomic mass is 10.0. The summed E-state index contributed by atoms with van der Waals surface area (Å²) < 4.78 is 0. The van der Waals surface area contributed by atoms with E-state index < -0.39 is 0 Å². The van der Waals surface area contributed by atoms with Gasteiger partial charge in [0.05, 0.1) is 12.2 Å². The molecule has 0 N–H and O–H groups in total. The molecule has 4 heterocycles. The summed E-state index contributed by atoms with van der Waals surface area (Å²) >= 11 is 0. The van der Waals surface area contributed by atoms with Gasteiger partial charge in [-0.25, -0.2) is 4.99 Å². The summed E-state index contributed by atoms with van der Waals surface area (Å²) in [5, 5.41) is 0. The van der Waals surface area contributed by atoms with E-state index >= 15 is 0 Å². The quantitative estimate of drug-likeness (QED) is 0.792. The fourth-order valence-electron chi connectivity index (χ4n) is 4.27. The second-order valence-corrected chi connectivity index (χ2v) is 7.11. The highest BCUT2D eigenvalue weighted by molar-refractivity contribution is 6.15. The van der Waals surface area contributed by atoms with Crippen molar-refractivity contribution in [1.82, 2.24) is 14.7 Å². The average Bonchev–Trinajstić information content (AvgIpc) is 3.30. The van der Waals surface area contributed by atoms with Gasteiger partial charge in [-0.3, -0.25) is 14.8 Å². The van der Waals surface area contributed by atoms with E-state index in [0.29, 0.717) is 6.04 Å². The third-order valence-electron chi connectivity index (χ3n) is 5.53. The Bertz CT molecular complexity index is 819. The Hall–Kier alpha value is -2.40. The van der Waals surface area contributed by atoms with Gasteiger partial charge in [0.2, 0.25) is 5.96 Å². The van der Waals surface area contributed by atoms with Crippen LogP contribution in [0.2, 0.25) is 0 Å². The lowest BCUT2D eigenvalue weighted by Crippen LogP contribution is -2.46. The number of amidine groups is 1. The monoisotopic (exact) mass is 333 g/mol. The minimum atomic E-state index is 0.530. The second-order valence-electron chi connectivity index (χ2n) is 7.11. The van der Waals surface area contributed by atoms with Gasteiger partial charge in [0.15, 0.2) is 0 Å². The number of hydrogen-bond donors (Lipinski definition) is 0. The van der Waals surface area contributed by atoms with Crippen LogP contribution >= 0.6 is 0 Å². The van der Waals surface area contributed by atoms with Crippen molar-refractivity contribution in [3.8, 4) is 0 Å². The summed E-state index contributed by atoms with van der Waals surface area (Å²) in [7, 11) is 2.23. The van der Waals surface area contributed by atoms with Crippen LogP contribution in [-0.2, 0) is 0 Å².